The summed E-state index contributed by atoms with van der Waals surface area (Å²) in [5.41, 5.74) is 2.89. The number of hydrogen-bond acceptors (Lipinski definition) is 3. The minimum absolute atomic E-state index is 0.0180. The maximum absolute atomic E-state index is 12.3. The van der Waals surface area contributed by atoms with Gasteiger partial charge in [-0.2, -0.15) is 0 Å². The van der Waals surface area contributed by atoms with Crippen LogP contribution in [0.1, 0.15) is 52.4 Å². The van der Waals surface area contributed by atoms with E-state index in [4.69, 9.17) is 0 Å². The van der Waals surface area contributed by atoms with Crippen LogP contribution in [0.5, 0.6) is 0 Å². The Hall–Kier alpha value is -1.62. The average molecular weight is 277 g/mol. The summed E-state index contributed by atoms with van der Waals surface area (Å²) in [6.07, 6.45) is 1.65. The Morgan fingerprint density at radius 1 is 1.35 bits per heavy atom. The topological polar surface area (TPSA) is 74.0 Å². The summed E-state index contributed by atoms with van der Waals surface area (Å²) in [7, 11) is 0. The van der Waals surface area contributed by atoms with E-state index < -0.39 is 0 Å². The van der Waals surface area contributed by atoms with E-state index in [-0.39, 0.29) is 11.7 Å². The molecular formula is C15H23N3O2. The molecule has 5 nitrogen and oxygen atoms in total. The van der Waals surface area contributed by atoms with Gasteiger partial charge in [0, 0.05) is 36.8 Å². The van der Waals surface area contributed by atoms with Crippen molar-refractivity contribution in [1.29, 1.82) is 0 Å². The van der Waals surface area contributed by atoms with Gasteiger partial charge in [-0.05, 0) is 25.8 Å². The minimum atomic E-state index is -0.101. The zero-order valence-corrected chi connectivity index (χ0v) is 12.4. The molecule has 1 fully saturated rings. The maximum atomic E-state index is 12.3. The van der Waals surface area contributed by atoms with E-state index in [0.29, 0.717) is 23.7 Å². The molecule has 0 unspecified atom stereocenters. The highest BCUT2D eigenvalue weighted by Gasteiger charge is 2.23. The number of carbonyl (C=O) groups excluding carboxylic acids is 2. The maximum Gasteiger partial charge on any atom is 0.268 e. The Morgan fingerprint density at radius 3 is 2.55 bits per heavy atom. The van der Waals surface area contributed by atoms with Crippen molar-refractivity contribution in [3.8, 4) is 0 Å². The highest BCUT2D eigenvalue weighted by molar-refractivity contribution is 6.02. The second kappa shape index (κ2) is 6.22. The predicted molar refractivity (Wildman–Crippen MR) is 78.2 cm³/mol. The monoisotopic (exact) mass is 277 g/mol. The quantitative estimate of drug-likeness (QED) is 0.689. The van der Waals surface area contributed by atoms with E-state index in [9.17, 15) is 9.59 Å². The molecule has 2 rings (SSSR count). The second-order valence-electron chi connectivity index (χ2n) is 5.52. The van der Waals surface area contributed by atoms with Crippen molar-refractivity contribution >= 4 is 11.7 Å². The lowest BCUT2D eigenvalue weighted by Gasteiger charge is -2.27. The van der Waals surface area contributed by atoms with Crippen LogP contribution in [0.2, 0.25) is 0 Å². The number of H-pyrrole nitrogens is 1. The molecule has 110 valence electrons. The number of nitrogens with one attached hydrogen (secondary N) is 3. The first kappa shape index (κ1) is 14.8. The van der Waals surface area contributed by atoms with E-state index in [1.165, 1.54) is 0 Å². The minimum Gasteiger partial charge on any atom is -0.354 e. The molecule has 0 saturated carbocycles. The molecule has 1 amide bonds. The molecule has 0 aliphatic carbocycles. The summed E-state index contributed by atoms with van der Waals surface area (Å²) >= 11 is 0. The fraction of sp³-hybridized carbons (Fsp3) is 0.600. The van der Waals surface area contributed by atoms with Gasteiger partial charge in [0.05, 0.1) is 0 Å². The number of carbonyl (C=O) groups is 2. The largest absolute Gasteiger partial charge is 0.354 e. The Labute approximate surface area is 119 Å². The highest BCUT2D eigenvalue weighted by Crippen LogP contribution is 2.21. The molecule has 0 spiro atoms. The predicted octanol–water partition coefficient (Wildman–Crippen LogP) is 1.43. The van der Waals surface area contributed by atoms with Gasteiger partial charge in [-0.15, -0.1) is 0 Å². The highest BCUT2D eigenvalue weighted by atomic mass is 16.2. The lowest BCUT2D eigenvalue weighted by molar-refractivity contribution is 0.0936. The van der Waals surface area contributed by atoms with Gasteiger partial charge in [0.25, 0.3) is 5.91 Å². The Balaban J connectivity index is 2.18. The number of rotatable bonds is 6. The van der Waals surface area contributed by atoms with Gasteiger partial charge in [0.15, 0.2) is 5.78 Å². The number of hydrogen-bond donors (Lipinski definition) is 3. The van der Waals surface area contributed by atoms with Gasteiger partial charge in [-0.1, -0.05) is 13.3 Å². The van der Waals surface area contributed by atoms with Crippen LogP contribution >= 0.6 is 0 Å². The molecule has 1 aliphatic heterocycles. The van der Waals surface area contributed by atoms with Gasteiger partial charge in [-0.25, -0.2) is 0 Å². The number of aryl methyl sites for hydroxylation is 1. The summed E-state index contributed by atoms with van der Waals surface area (Å²) in [5.74, 6) is 0.442. The van der Waals surface area contributed by atoms with Crippen LogP contribution < -0.4 is 10.6 Å². The SMILES string of the molecule is CCCc1c(C(=O)NCC2CNC2)[nH]c(C)c1C(C)=O. The molecule has 1 aromatic heterocycles. The number of ketones is 1. The van der Waals surface area contributed by atoms with Crippen molar-refractivity contribution in [3.63, 3.8) is 0 Å². The first-order valence-electron chi connectivity index (χ1n) is 7.25. The van der Waals surface area contributed by atoms with Gasteiger partial charge < -0.3 is 15.6 Å². The lowest BCUT2D eigenvalue weighted by atomic mass is 10.0. The van der Waals surface area contributed by atoms with Crippen molar-refractivity contribution in [3.05, 3.63) is 22.5 Å². The first-order chi connectivity index (χ1) is 9.54. The molecular weight excluding hydrogens is 254 g/mol. The van der Waals surface area contributed by atoms with E-state index >= 15 is 0 Å². The van der Waals surface area contributed by atoms with Gasteiger partial charge in [0.1, 0.15) is 5.69 Å². The summed E-state index contributed by atoms with van der Waals surface area (Å²) in [6, 6.07) is 0. The van der Waals surface area contributed by atoms with Crippen LogP contribution in [0.3, 0.4) is 0 Å². The second-order valence-corrected chi connectivity index (χ2v) is 5.52. The van der Waals surface area contributed by atoms with Crippen LogP contribution in [-0.2, 0) is 6.42 Å². The zero-order chi connectivity index (χ0) is 14.7. The molecule has 3 N–H and O–H groups in total. The Bertz CT molecular complexity index is 515. The molecule has 0 aromatic carbocycles. The standard InChI is InChI=1S/C15H23N3O2/c1-4-5-12-13(10(3)19)9(2)18-14(12)15(20)17-8-11-6-16-7-11/h11,16,18H,4-8H2,1-3H3,(H,17,20). The van der Waals surface area contributed by atoms with E-state index in [2.05, 4.69) is 15.6 Å². The molecule has 1 saturated heterocycles. The van der Waals surface area contributed by atoms with Crippen molar-refractivity contribution < 1.29 is 9.59 Å². The first-order valence-corrected chi connectivity index (χ1v) is 7.25. The molecule has 1 aromatic rings. The molecule has 1 aliphatic rings. The Morgan fingerprint density at radius 2 is 2.05 bits per heavy atom. The third-order valence-corrected chi connectivity index (χ3v) is 3.79. The lowest BCUT2D eigenvalue weighted by Crippen LogP contribution is -2.48. The molecule has 0 radical (unpaired) electrons. The van der Waals surface area contributed by atoms with Crippen LogP contribution in [0, 0.1) is 12.8 Å². The van der Waals surface area contributed by atoms with Crippen LogP contribution in [0.25, 0.3) is 0 Å². The molecule has 2 heterocycles. The summed E-state index contributed by atoms with van der Waals surface area (Å²) in [6.45, 7) is 8.06. The summed E-state index contributed by atoms with van der Waals surface area (Å²) in [4.78, 5) is 27.1. The molecule has 0 atom stereocenters. The normalized spacial score (nSPS) is 14.9. The van der Waals surface area contributed by atoms with Crippen LogP contribution in [-0.4, -0.2) is 36.3 Å². The number of aromatic amines is 1. The van der Waals surface area contributed by atoms with Gasteiger partial charge in [-0.3, -0.25) is 9.59 Å². The van der Waals surface area contributed by atoms with Crippen molar-refractivity contribution in [1.82, 2.24) is 15.6 Å². The van der Waals surface area contributed by atoms with Crippen molar-refractivity contribution in [2.75, 3.05) is 19.6 Å². The van der Waals surface area contributed by atoms with Crippen molar-refractivity contribution in [2.45, 2.75) is 33.6 Å². The van der Waals surface area contributed by atoms with Gasteiger partial charge >= 0.3 is 0 Å². The smallest absolute Gasteiger partial charge is 0.268 e. The fourth-order valence-electron chi connectivity index (χ4n) is 2.67. The number of aromatic nitrogens is 1. The van der Waals surface area contributed by atoms with Crippen LogP contribution in [0.15, 0.2) is 0 Å². The Kier molecular flexibility index (Phi) is 4.60. The zero-order valence-electron chi connectivity index (χ0n) is 12.4. The fourth-order valence-corrected chi connectivity index (χ4v) is 2.67. The van der Waals surface area contributed by atoms with Crippen molar-refractivity contribution in [2.24, 2.45) is 5.92 Å². The van der Waals surface area contributed by atoms with E-state index in [0.717, 1.165) is 37.2 Å². The summed E-state index contributed by atoms with van der Waals surface area (Å²) in [5, 5.41) is 6.14. The third-order valence-electron chi connectivity index (χ3n) is 3.79. The van der Waals surface area contributed by atoms with Crippen LogP contribution in [0.4, 0.5) is 0 Å². The number of Topliss-reactive ketones (excluding diaryl/α,β-unsaturated/α-hetero) is 1. The summed E-state index contributed by atoms with van der Waals surface area (Å²) < 4.78 is 0. The van der Waals surface area contributed by atoms with Gasteiger partial charge in [0.2, 0.25) is 0 Å². The third kappa shape index (κ3) is 2.93. The molecule has 5 heteroatoms. The molecule has 0 bridgehead atoms. The molecule has 20 heavy (non-hydrogen) atoms. The van der Waals surface area contributed by atoms with E-state index in [1.54, 1.807) is 6.92 Å². The average Bonchev–Trinajstić information content (AvgIpc) is 2.64. The van der Waals surface area contributed by atoms with E-state index in [1.807, 2.05) is 13.8 Å². The number of amides is 1.